The molecule has 1 rings (SSSR count). The molecule has 0 aliphatic rings. The first-order chi connectivity index (χ1) is 6.99. The number of nitrogens with one attached hydrogen (secondary N) is 1. The molecular formula is C9H11F3N2O. The van der Waals surface area contributed by atoms with E-state index >= 15 is 0 Å². The van der Waals surface area contributed by atoms with Crippen LogP contribution >= 0.6 is 0 Å². The van der Waals surface area contributed by atoms with Gasteiger partial charge in [-0.25, -0.2) is 4.98 Å². The van der Waals surface area contributed by atoms with Crippen molar-refractivity contribution in [2.45, 2.75) is 12.7 Å². The van der Waals surface area contributed by atoms with Crippen LogP contribution in [0.15, 0.2) is 12.3 Å². The number of alkyl halides is 3. The summed E-state index contributed by atoms with van der Waals surface area (Å²) in [6.45, 7) is 0.300. The molecule has 0 atom stereocenters. The van der Waals surface area contributed by atoms with Crippen LogP contribution in [0.4, 0.5) is 13.2 Å². The summed E-state index contributed by atoms with van der Waals surface area (Å²) < 4.78 is 41.9. The Balaban J connectivity index is 3.10. The van der Waals surface area contributed by atoms with E-state index in [9.17, 15) is 13.2 Å². The molecule has 0 fully saturated rings. The van der Waals surface area contributed by atoms with Gasteiger partial charge in [0.1, 0.15) is 11.4 Å². The van der Waals surface area contributed by atoms with Crippen LogP contribution in [0.5, 0.6) is 5.75 Å². The minimum atomic E-state index is -4.42. The second-order valence-electron chi connectivity index (χ2n) is 2.91. The third-order valence-electron chi connectivity index (χ3n) is 1.83. The molecule has 0 amide bonds. The van der Waals surface area contributed by atoms with Gasteiger partial charge in [-0.05, 0) is 13.1 Å². The highest BCUT2D eigenvalue weighted by molar-refractivity contribution is 5.33. The van der Waals surface area contributed by atoms with Crippen LogP contribution in [-0.2, 0) is 12.7 Å². The molecule has 1 aromatic rings. The maximum absolute atomic E-state index is 12.3. The smallest absolute Gasteiger partial charge is 0.433 e. The fraction of sp³-hybridized carbons (Fsp3) is 0.444. The van der Waals surface area contributed by atoms with Crippen molar-refractivity contribution in [2.24, 2.45) is 0 Å². The normalized spacial score (nSPS) is 11.5. The van der Waals surface area contributed by atoms with Crippen molar-refractivity contribution in [1.29, 1.82) is 0 Å². The number of aromatic nitrogens is 1. The Hall–Kier alpha value is -1.30. The predicted molar refractivity (Wildman–Crippen MR) is 48.6 cm³/mol. The molecule has 0 aliphatic carbocycles. The molecule has 1 aromatic heterocycles. The third-order valence-corrected chi connectivity index (χ3v) is 1.83. The van der Waals surface area contributed by atoms with Gasteiger partial charge >= 0.3 is 6.18 Å². The number of halogens is 3. The second kappa shape index (κ2) is 4.48. The Labute approximate surface area is 85.3 Å². The van der Waals surface area contributed by atoms with Gasteiger partial charge < -0.3 is 10.1 Å². The molecule has 1 N–H and O–H groups in total. The van der Waals surface area contributed by atoms with Crippen LogP contribution in [0.3, 0.4) is 0 Å². The fourth-order valence-corrected chi connectivity index (χ4v) is 1.15. The fourth-order valence-electron chi connectivity index (χ4n) is 1.15. The molecule has 15 heavy (non-hydrogen) atoms. The summed E-state index contributed by atoms with van der Waals surface area (Å²) >= 11 is 0. The second-order valence-corrected chi connectivity index (χ2v) is 2.91. The summed E-state index contributed by atoms with van der Waals surface area (Å²) in [4.78, 5) is 3.29. The molecular weight excluding hydrogens is 209 g/mol. The zero-order valence-corrected chi connectivity index (χ0v) is 8.35. The first kappa shape index (κ1) is 11.8. The van der Waals surface area contributed by atoms with Gasteiger partial charge in [0.05, 0.1) is 13.3 Å². The third kappa shape index (κ3) is 2.82. The van der Waals surface area contributed by atoms with Gasteiger partial charge in [0, 0.05) is 12.1 Å². The van der Waals surface area contributed by atoms with Gasteiger partial charge in [-0.1, -0.05) is 0 Å². The van der Waals surface area contributed by atoms with E-state index in [2.05, 4.69) is 10.3 Å². The van der Waals surface area contributed by atoms with E-state index in [0.29, 0.717) is 17.9 Å². The van der Waals surface area contributed by atoms with Crippen molar-refractivity contribution in [2.75, 3.05) is 14.2 Å². The first-order valence-electron chi connectivity index (χ1n) is 4.23. The topological polar surface area (TPSA) is 34.2 Å². The zero-order valence-electron chi connectivity index (χ0n) is 8.35. The quantitative estimate of drug-likeness (QED) is 0.843. The maximum atomic E-state index is 12.3. The van der Waals surface area contributed by atoms with Crippen LogP contribution in [0.1, 0.15) is 11.3 Å². The highest BCUT2D eigenvalue weighted by Crippen LogP contribution is 2.30. The van der Waals surface area contributed by atoms with Crippen molar-refractivity contribution in [3.63, 3.8) is 0 Å². The van der Waals surface area contributed by atoms with Gasteiger partial charge in [0.25, 0.3) is 0 Å². The first-order valence-corrected chi connectivity index (χ1v) is 4.23. The molecule has 0 saturated heterocycles. The lowest BCUT2D eigenvalue weighted by molar-refractivity contribution is -0.141. The zero-order chi connectivity index (χ0) is 11.5. The van der Waals surface area contributed by atoms with Gasteiger partial charge in [0.15, 0.2) is 0 Å². The van der Waals surface area contributed by atoms with E-state index in [0.717, 1.165) is 12.3 Å². The van der Waals surface area contributed by atoms with Crippen molar-refractivity contribution in [1.82, 2.24) is 10.3 Å². The van der Waals surface area contributed by atoms with Gasteiger partial charge in [0.2, 0.25) is 0 Å². The molecule has 0 unspecified atom stereocenters. The van der Waals surface area contributed by atoms with Crippen LogP contribution in [0.2, 0.25) is 0 Å². The van der Waals surface area contributed by atoms with E-state index in [1.54, 1.807) is 7.05 Å². The number of methoxy groups -OCH3 is 1. The van der Waals surface area contributed by atoms with E-state index in [-0.39, 0.29) is 0 Å². The summed E-state index contributed by atoms with van der Waals surface area (Å²) in [5, 5.41) is 2.76. The number of hydrogen-bond donors (Lipinski definition) is 1. The Morgan fingerprint density at radius 2 is 2.13 bits per heavy atom. The Kier molecular flexibility index (Phi) is 3.52. The summed E-state index contributed by atoms with van der Waals surface area (Å²) in [6.07, 6.45) is -3.34. The molecule has 84 valence electrons. The average Bonchev–Trinajstić information content (AvgIpc) is 2.17. The molecule has 0 saturated carbocycles. The number of hydrogen-bond acceptors (Lipinski definition) is 3. The number of nitrogens with zero attached hydrogens (tertiary/aromatic N) is 1. The van der Waals surface area contributed by atoms with E-state index in [1.165, 1.54) is 7.11 Å². The van der Waals surface area contributed by atoms with Gasteiger partial charge in [-0.2, -0.15) is 13.2 Å². The molecule has 0 spiro atoms. The molecule has 0 aliphatic heterocycles. The van der Waals surface area contributed by atoms with E-state index in [1.807, 2.05) is 0 Å². The minimum Gasteiger partial charge on any atom is -0.495 e. The Morgan fingerprint density at radius 3 is 2.60 bits per heavy atom. The van der Waals surface area contributed by atoms with Gasteiger partial charge in [-0.3, -0.25) is 0 Å². The lowest BCUT2D eigenvalue weighted by atomic mass is 10.2. The molecule has 0 aromatic carbocycles. The summed E-state index contributed by atoms with van der Waals surface area (Å²) in [6, 6.07) is 0.981. The van der Waals surface area contributed by atoms with Crippen LogP contribution < -0.4 is 10.1 Å². The predicted octanol–water partition coefficient (Wildman–Crippen LogP) is 1.83. The van der Waals surface area contributed by atoms with Crippen LogP contribution in [0, 0.1) is 0 Å². The highest BCUT2D eigenvalue weighted by atomic mass is 19.4. The van der Waals surface area contributed by atoms with Crippen molar-refractivity contribution in [3.05, 3.63) is 23.5 Å². The van der Waals surface area contributed by atoms with Crippen LogP contribution in [0.25, 0.3) is 0 Å². The maximum Gasteiger partial charge on any atom is 0.433 e. The van der Waals surface area contributed by atoms with Crippen molar-refractivity contribution in [3.8, 4) is 5.75 Å². The summed E-state index contributed by atoms with van der Waals surface area (Å²) in [7, 11) is 3.04. The average molecular weight is 220 g/mol. The standard InChI is InChI=1S/C9H11F3N2O/c1-13-4-6-3-8(9(10,11)12)14-5-7(6)15-2/h3,5,13H,4H2,1-2H3. The van der Waals surface area contributed by atoms with Crippen molar-refractivity contribution >= 4 is 0 Å². The lowest BCUT2D eigenvalue weighted by Crippen LogP contribution is -2.12. The van der Waals surface area contributed by atoms with Crippen molar-refractivity contribution < 1.29 is 17.9 Å². The highest BCUT2D eigenvalue weighted by Gasteiger charge is 2.33. The Bertz CT molecular complexity index is 339. The lowest BCUT2D eigenvalue weighted by Gasteiger charge is -2.11. The van der Waals surface area contributed by atoms with Crippen LogP contribution in [-0.4, -0.2) is 19.1 Å². The molecule has 6 heteroatoms. The Morgan fingerprint density at radius 1 is 1.47 bits per heavy atom. The minimum absolute atomic E-state index is 0.300. The number of pyridine rings is 1. The molecule has 1 heterocycles. The SMILES string of the molecule is CNCc1cc(C(F)(F)F)ncc1OC. The largest absolute Gasteiger partial charge is 0.495 e. The monoisotopic (exact) mass is 220 g/mol. The summed E-state index contributed by atoms with van der Waals surface area (Å²) in [5.41, 5.74) is -0.476. The van der Waals surface area contributed by atoms with Gasteiger partial charge in [-0.15, -0.1) is 0 Å². The number of rotatable bonds is 3. The molecule has 0 bridgehead atoms. The molecule has 0 radical (unpaired) electrons. The van der Waals surface area contributed by atoms with E-state index < -0.39 is 11.9 Å². The number of ether oxygens (including phenoxy) is 1. The van der Waals surface area contributed by atoms with E-state index in [4.69, 9.17) is 4.74 Å². The summed E-state index contributed by atoms with van der Waals surface area (Å²) in [5.74, 6) is 0.345. The molecule has 3 nitrogen and oxygen atoms in total.